The Bertz CT molecular complexity index is 980. The van der Waals surface area contributed by atoms with E-state index in [9.17, 15) is 9.90 Å². The summed E-state index contributed by atoms with van der Waals surface area (Å²) in [5, 5.41) is 17.6. The largest absolute Gasteiger partial charge is 0.444 e. The van der Waals surface area contributed by atoms with Crippen molar-refractivity contribution in [2.75, 3.05) is 19.7 Å². The van der Waals surface area contributed by atoms with E-state index < -0.39 is 11.2 Å². The van der Waals surface area contributed by atoms with Crippen molar-refractivity contribution in [3.8, 4) is 0 Å². The molecule has 30 heavy (non-hydrogen) atoms. The van der Waals surface area contributed by atoms with E-state index >= 15 is 0 Å². The molecule has 1 amide bonds. The number of hydrogen-bond acceptors (Lipinski definition) is 5. The molecule has 1 N–H and O–H groups in total. The third kappa shape index (κ3) is 3.18. The summed E-state index contributed by atoms with van der Waals surface area (Å²) in [6.45, 7) is 7.25. The number of benzene rings is 1. The van der Waals surface area contributed by atoms with E-state index in [1.54, 1.807) is 11.1 Å². The van der Waals surface area contributed by atoms with Crippen LogP contribution in [0.15, 0.2) is 18.3 Å². The van der Waals surface area contributed by atoms with E-state index in [2.05, 4.69) is 5.10 Å². The van der Waals surface area contributed by atoms with E-state index in [0.29, 0.717) is 18.1 Å². The molecule has 7 nitrogen and oxygen atoms in total. The molecule has 1 aromatic carbocycles. The molecule has 3 aliphatic rings. The predicted octanol–water partition coefficient (Wildman–Crippen LogP) is 4.07. The van der Waals surface area contributed by atoms with Crippen molar-refractivity contribution < 1.29 is 19.4 Å². The van der Waals surface area contributed by atoms with Crippen LogP contribution in [0.2, 0.25) is 5.02 Å². The highest BCUT2D eigenvalue weighted by Crippen LogP contribution is 2.63. The summed E-state index contributed by atoms with van der Waals surface area (Å²) in [6.07, 6.45) is 4.47. The van der Waals surface area contributed by atoms with Crippen LogP contribution < -0.4 is 0 Å². The number of rotatable bonds is 2. The number of amides is 1. The Morgan fingerprint density at radius 2 is 2.03 bits per heavy atom. The van der Waals surface area contributed by atoms with Crippen molar-refractivity contribution in [3.63, 3.8) is 0 Å². The zero-order valence-corrected chi connectivity index (χ0v) is 18.4. The summed E-state index contributed by atoms with van der Waals surface area (Å²) < 4.78 is 13.3. The molecule has 162 valence electrons. The smallest absolute Gasteiger partial charge is 0.410 e. The third-order valence-corrected chi connectivity index (χ3v) is 6.75. The number of ether oxygens (including phenoxy) is 2. The van der Waals surface area contributed by atoms with Gasteiger partial charge in [-0.15, -0.1) is 0 Å². The minimum atomic E-state index is -0.997. The third-order valence-electron chi connectivity index (χ3n) is 6.53. The lowest BCUT2D eigenvalue weighted by Gasteiger charge is -2.28. The molecular weight excluding hydrogens is 406 g/mol. The second-order valence-electron chi connectivity index (χ2n) is 9.72. The van der Waals surface area contributed by atoms with Crippen molar-refractivity contribution >= 4 is 28.6 Å². The second kappa shape index (κ2) is 6.84. The van der Waals surface area contributed by atoms with Gasteiger partial charge in [0.05, 0.1) is 11.7 Å². The Labute approximate surface area is 180 Å². The first kappa shape index (κ1) is 20.1. The van der Waals surface area contributed by atoms with Crippen molar-refractivity contribution in [1.29, 1.82) is 0 Å². The van der Waals surface area contributed by atoms with Gasteiger partial charge >= 0.3 is 6.09 Å². The number of halogens is 1. The van der Waals surface area contributed by atoms with Gasteiger partial charge in [-0.05, 0) is 57.7 Å². The summed E-state index contributed by atoms with van der Waals surface area (Å²) in [6, 6.07) is 3.73. The molecule has 5 rings (SSSR count). The number of likely N-dealkylation sites (tertiary alicyclic amines) is 1. The molecule has 0 spiro atoms. The number of carbonyl (C=O) groups is 1. The highest BCUT2D eigenvalue weighted by molar-refractivity contribution is 6.31. The first-order valence-electron chi connectivity index (χ1n) is 10.7. The van der Waals surface area contributed by atoms with Crippen LogP contribution in [-0.2, 0) is 15.1 Å². The summed E-state index contributed by atoms with van der Waals surface area (Å²) in [5.74, 6) is -0.0538. The molecule has 1 aliphatic carbocycles. The van der Waals surface area contributed by atoms with Gasteiger partial charge in [0.15, 0.2) is 6.23 Å². The molecule has 1 aromatic heterocycles. The fourth-order valence-corrected chi connectivity index (χ4v) is 5.28. The molecule has 2 aromatic rings. The van der Waals surface area contributed by atoms with Crippen LogP contribution in [0.1, 0.15) is 51.8 Å². The minimum absolute atomic E-state index is 0.0269. The van der Waals surface area contributed by atoms with Crippen molar-refractivity contribution in [2.45, 2.75) is 57.5 Å². The van der Waals surface area contributed by atoms with Gasteiger partial charge in [-0.3, -0.25) is 0 Å². The van der Waals surface area contributed by atoms with E-state index in [1.807, 2.05) is 37.6 Å². The maximum Gasteiger partial charge on any atom is 0.410 e. The van der Waals surface area contributed by atoms with E-state index in [0.717, 1.165) is 42.3 Å². The number of hydrogen-bond donors (Lipinski definition) is 1. The Hall–Kier alpha value is -1.83. The minimum Gasteiger partial charge on any atom is -0.444 e. The lowest BCUT2D eigenvalue weighted by atomic mass is 9.99. The van der Waals surface area contributed by atoms with Crippen LogP contribution >= 0.6 is 11.6 Å². The second-order valence-corrected chi connectivity index (χ2v) is 10.2. The van der Waals surface area contributed by atoms with Gasteiger partial charge in [0.25, 0.3) is 0 Å². The van der Waals surface area contributed by atoms with Gasteiger partial charge in [0.1, 0.15) is 11.2 Å². The van der Waals surface area contributed by atoms with Crippen molar-refractivity contribution in [1.82, 2.24) is 14.7 Å². The normalized spacial score (nSPS) is 31.1. The van der Waals surface area contributed by atoms with Gasteiger partial charge in [-0.25, -0.2) is 9.48 Å². The Morgan fingerprint density at radius 3 is 2.67 bits per heavy atom. The maximum absolute atomic E-state index is 12.4. The van der Waals surface area contributed by atoms with Crippen molar-refractivity contribution in [2.24, 2.45) is 11.8 Å². The van der Waals surface area contributed by atoms with E-state index in [-0.39, 0.29) is 24.2 Å². The molecule has 1 saturated carbocycles. The van der Waals surface area contributed by atoms with Gasteiger partial charge in [0, 0.05) is 41.9 Å². The van der Waals surface area contributed by atoms with Gasteiger partial charge in [-0.1, -0.05) is 11.6 Å². The Kier molecular flexibility index (Phi) is 4.58. The molecule has 4 atom stereocenters. The highest BCUT2D eigenvalue weighted by Gasteiger charge is 2.70. The standard InChI is InChI=1S/C22H28ClN3O4/c1-21(2,3)30-20(27)25-11-16-17(12-25)22(16,28)15-8-13(23)9-18-14(15)10-24-26(18)19-6-4-5-7-29-19/h8-10,16-17,19,28H,4-7,11-12H2,1-3H3/t16-,17+,19?,22-. The first-order valence-corrected chi connectivity index (χ1v) is 11.1. The van der Waals surface area contributed by atoms with Gasteiger partial charge < -0.3 is 19.5 Å². The number of aromatic nitrogens is 2. The van der Waals surface area contributed by atoms with Crippen LogP contribution in [0.3, 0.4) is 0 Å². The molecule has 0 bridgehead atoms. The van der Waals surface area contributed by atoms with Gasteiger partial charge in [0.2, 0.25) is 0 Å². The van der Waals surface area contributed by atoms with Crippen LogP contribution in [0, 0.1) is 11.8 Å². The number of carbonyl (C=O) groups excluding carboxylic acids is 1. The predicted molar refractivity (Wildman–Crippen MR) is 112 cm³/mol. The lowest BCUT2D eigenvalue weighted by molar-refractivity contribution is -0.0366. The Balaban J connectivity index is 1.41. The fourth-order valence-electron chi connectivity index (χ4n) is 5.07. The van der Waals surface area contributed by atoms with Crippen LogP contribution in [0.25, 0.3) is 10.9 Å². The summed E-state index contributed by atoms with van der Waals surface area (Å²) in [7, 11) is 0. The number of aliphatic hydroxyl groups is 1. The molecule has 1 unspecified atom stereocenters. The molecule has 0 radical (unpaired) electrons. The molecule has 2 aliphatic heterocycles. The Morgan fingerprint density at radius 1 is 1.30 bits per heavy atom. The molecule has 2 saturated heterocycles. The molecule has 8 heteroatoms. The summed E-state index contributed by atoms with van der Waals surface area (Å²) >= 11 is 6.46. The van der Waals surface area contributed by atoms with E-state index in [4.69, 9.17) is 21.1 Å². The zero-order chi connectivity index (χ0) is 21.3. The van der Waals surface area contributed by atoms with Crippen LogP contribution in [0.5, 0.6) is 0 Å². The zero-order valence-electron chi connectivity index (χ0n) is 17.6. The number of piperidine rings is 1. The SMILES string of the molecule is CC(C)(C)OC(=O)N1C[C@@H]2[C@H](C1)[C@@]2(O)c1cc(Cl)cc2c1cnn2C1CCCCO1. The number of nitrogens with zero attached hydrogens (tertiary/aromatic N) is 3. The maximum atomic E-state index is 12.4. The van der Waals surface area contributed by atoms with E-state index in [1.165, 1.54) is 0 Å². The van der Waals surface area contributed by atoms with Crippen LogP contribution in [0.4, 0.5) is 4.79 Å². The quantitative estimate of drug-likeness (QED) is 0.772. The summed E-state index contributed by atoms with van der Waals surface area (Å²) in [4.78, 5) is 14.1. The number of fused-ring (bicyclic) bond motifs is 2. The average molecular weight is 434 g/mol. The monoisotopic (exact) mass is 433 g/mol. The van der Waals surface area contributed by atoms with Crippen molar-refractivity contribution in [3.05, 3.63) is 28.9 Å². The first-order chi connectivity index (χ1) is 14.2. The average Bonchev–Trinajstić information content (AvgIpc) is 3.08. The summed E-state index contributed by atoms with van der Waals surface area (Å²) in [5.41, 5.74) is 0.149. The highest BCUT2D eigenvalue weighted by atomic mass is 35.5. The van der Waals surface area contributed by atoms with Gasteiger partial charge in [-0.2, -0.15) is 5.10 Å². The topological polar surface area (TPSA) is 76.8 Å². The molecule has 3 heterocycles. The molecular formula is C22H28ClN3O4. The molecule has 3 fully saturated rings. The van der Waals surface area contributed by atoms with Crippen LogP contribution in [-0.4, -0.2) is 51.2 Å². The lowest BCUT2D eigenvalue weighted by Crippen LogP contribution is -2.39. The fraction of sp³-hybridized carbons (Fsp3) is 0.636.